The second-order valence-corrected chi connectivity index (χ2v) is 5.76. The van der Waals surface area contributed by atoms with Crippen LogP contribution in [0.4, 0.5) is 0 Å². The van der Waals surface area contributed by atoms with E-state index < -0.39 is 35.8 Å². The first-order chi connectivity index (χ1) is 10.8. The maximum Gasteiger partial charge on any atom is 0.330 e. The number of hydrogen-bond acceptors (Lipinski definition) is 6. The van der Waals surface area contributed by atoms with Crippen LogP contribution in [-0.2, 0) is 9.53 Å². The largest absolute Gasteiger partial charge is 0.393 e. The zero-order chi connectivity index (χ0) is 17.2. The molecular weight excluding hydrogens is 306 g/mol. The SMILES string of the molecule is CC(=O)NCC[C@]1(CO)O[C@@H](n2cc(C)c(=O)[nH]c2=O)C[C@@H]1O. The molecule has 1 aromatic heterocycles. The molecule has 23 heavy (non-hydrogen) atoms. The summed E-state index contributed by atoms with van der Waals surface area (Å²) in [4.78, 5) is 36.4. The van der Waals surface area contributed by atoms with Gasteiger partial charge in [-0.15, -0.1) is 0 Å². The number of aromatic amines is 1. The number of nitrogens with zero attached hydrogens (tertiary/aromatic N) is 1. The summed E-state index contributed by atoms with van der Waals surface area (Å²) in [7, 11) is 0. The Morgan fingerprint density at radius 1 is 1.57 bits per heavy atom. The van der Waals surface area contributed by atoms with Gasteiger partial charge in [0.25, 0.3) is 5.56 Å². The maximum absolute atomic E-state index is 11.9. The summed E-state index contributed by atoms with van der Waals surface area (Å²) in [5, 5.41) is 22.5. The van der Waals surface area contributed by atoms with Gasteiger partial charge >= 0.3 is 5.69 Å². The summed E-state index contributed by atoms with van der Waals surface area (Å²) in [6, 6.07) is 0. The Kier molecular flexibility index (Phi) is 5.03. The number of aryl methyl sites for hydroxylation is 1. The van der Waals surface area contributed by atoms with Gasteiger partial charge in [0.2, 0.25) is 5.91 Å². The second-order valence-electron chi connectivity index (χ2n) is 5.76. The van der Waals surface area contributed by atoms with Gasteiger partial charge in [0.15, 0.2) is 0 Å². The Labute approximate surface area is 131 Å². The highest BCUT2D eigenvalue weighted by Crippen LogP contribution is 2.38. The third-order valence-electron chi connectivity index (χ3n) is 4.05. The van der Waals surface area contributed by atoms with Crippen LogP contribution in [0.2, 0.25) is 0 Å². The number of aromatic nitrogens is 2. The van der Waals surface area contributed by atoms with Gasteiger partial charge in [-0.25, -0.2) is 4.79 Å². The van der Waals surface area contributed by atoms with E-state index in [1.165, 1.54) is 17.7 Å². The van der Waals surface area contributed by atoms with Crippen molar-refractivity contribution in [2.75, 3.05) is 13.2 Å². The van der Waals surface area contributed by atoms with Crippen LogP contribution in [0.25, 0.3) is 0 Å². The fraction of sp³-hybridized carbons (Fsp3) is 0.643. The van der Waals surface area contributed by atoms with Crippen LogP contribution in [0, 0.1) is 6.92 Å². The molecule has 1 aromatic rings. The van der Waals surface area contributed by atoms with Crippen molar-refractivity contribution in [3.63, 3.8) is 0 Å². The molecule has 4 N–H and O–H groups in total. The van der Waals surface area contributed by atoms with Crippen LogP contribution in [0.5, 0.6) is 0 Å². The van der Waals surface area contributed by atoms with E-state index in [9.17, 15) is 24.6 Å². The molecule has 0 unspecified atom stereocenters. The van der Waals surface area contributed by atoms with Crippen molar-refractivity contribution in [3.05, 3.63) is 32.6 Å². The lowest BCUT2D eigenvalue weighted by atomic mass is 9.94. The molecule has 1 aliphatic rings. The second kappa shape index (κ2) is 6.65. The normalized spacial score (nSPS) is 27.1. The van der Waals surface area contributed by atoms with Gasteiger partial charge in [-0.1, -0.05) is 0 Å². The zero-order valence-corrected chi connectivity index (χ0v) is 13.0. The summed E-state index contributed by atoms with van der Waals surface area (Å²) in [5.41, 5.74) is -2.06. The molecule has 9 heteroatoms. The molecule has 3 atom stereocenters. The van der Waals surface area contributed by atoms with Crippen LogP contribution in [0.3, 0.4) is 0 Å². The molecule has 0 spiro atoms. The molecule has 1 fully saturated rings. The molecule has 1 amide bonds. The molecule has 2 rings (SSSR count). The number of amides is 1. The molecule has 2 heterocycles. The van der Waals surface area contributed by atoms with E-state index in [2.05, 4.69) is 10.3 Å². The monoisotopic (exact) mass is 327 g/mol. The maximum atomic E-state index is 11.9. The summed E-state index contributed by atoms with van der Waals surface area (Å²) in [5.74, 6) is -0.227. The van der Waals surface area contributed by atoms with Crippen molar-refractivity contribution in [3.8, 4) is 0 Å². The van der Waals surface area contributed by atoms with Crippen molar-refractivity contribution in [1.29, 1.82) is 0 Å². The first-order valence-electron chi connectivity index (χ1n) is 7.32. The van der Waals surface area contributed by atoms with E-state index in [1.807, 2.05) is 0 Å². The minimum atomic E-state index is -1.27. The van der Waals surface area contributed by atoms with Crippen LogP contribution in [-0.4, -0.2) is 50.5 Å². The molecule has 9 nitrogen and oxygen atoms in total. The Morgan fingerprint density at radius 2 is 2.26 bits per heavy atom. The number of ether oxygens (including phenoxy) is 1. The quantitative estimate of drug-likeness (QED) is 0.514. The Bertz CT molecular complexity index is 696. The third-order valence-corrected chi connectivity index (χ3v) is 4.05. The molecule has 0 radical (unpaired) electrons. The summed E-state index contributed by atoms with van der Waals surface area (Å²) >= 11 is 0. The van der Waals surface area contributed by atoms with E-state index >= 15 is 0 Å². The van der Waals surface area contributed by atoms with Crippen molar-refractivity contribution in [2.45, 2.75) is 44.6 Å². The van der Waals surface area contributed by atoms with Crippen LogP contribution in [0.1, 0.15) is 31.6 Å². The van der Waals surface area contributed by atoms with Gasteiger partial charge in [-0.2, -0.15) is 0 Å². The van der Waals surface area contributed by atoms with Gasteiger partial charge in [0.1, 0.15) is 11.8 Å². The topological polar surface area (TPSA) is 134 Å². The van der Waals surface area contributed by atoms with Crippen molar-refractivity contribution >= 4 is 5.91 Å². The number of hydrogen-bond donors (Lipinski definition) is 4. The number of carbonyl (C=O) groups excluding carboxylic acids is 1. The number of aliphatic hydroxyl groups excluding tert-OH is 2. The molecule has 1 aliphatic heterocycles. The first kappa shape index (κ1) is 17.4. The lowest BCUT2D eigenvalue weighted by Crippen LogP contribution is -2.46. The van der Waals surface area contributed by atoms with Crippen molar-refractivity contribution < 1.29 is 19.7 Å². The average molecular weight is 327 g/mol. The lowest BCUT2D eigenvalue weighted by Gasteiger charge is -2.30. The highest BCUT2D eigenvalue weighted by molar-refractivity contribution is 5.72. The Morgan fingerprint density at radius 3 is 2.87 bits per heavy atom. The first-order valence-corrected chi connectivity index (χ1v) is 7.32. The number of aliphatic hydroxyl groups is 2. The highest BCUT2D eigenvalue weighted by Gasteiger charge is 2.48. The van der Waals surface area contributed by atoms with Gasteiger partial charge < -0.3 is 20.3 Å². The van der Waals surface area contributed by atoms with E-state index in [0.717, 1.165) is 0 Å². The summed E-state index contributed by atoms with van der Waals surface area (Å²) in [6.45, 7) is 2.68. The minimum absolute atomic E-state index is 0.0893. The lowest BCUT2D eigenvalue weighted by molar-refractivity contribution is -0.133. The third kappa shape index (κ3) is 3.52. The van der Waals surface area contributed by atoms with E-state index in [1.54, 1.807) is 6.92 Å². The fourth-order valence-corrected chi connectivity index (χ4v) is 2.67. The predicted molar refractivity (Wildman–Crippen MR) is 79.9 cm³/mol. The Hall–Kier alpha value is -1.97. The molecule has 1 saturated heterocycles. The van der Waals surface area contributed by atoms with Crippen LogP contribution >= 0.6 is 0 Å². The molecule has 0 bridgehead atoms. The molecule has 0 aromatic carbocycles. The Balaban J connectivity index is 2.22. The van der Waals surface area contributed by atoms with E-state index in [0.29, 0.717) is 5.56 Å². The van der Waals surface area contributed by atoms with Gasteiger partial charge in [0, 0.05) is 31.6 Å². The fourth-order valence-electron chi connectivity index (χ4n) is 2.67. The number of H-pyrrole nitrogens is 1. The van der Waals surface area contributed by atoms with Crippen LogP contribution in [0.15, 0.2) is 15.8 Å². The molecule has 128 valence electrons. The average Bonchev–Trinajstić information content (AvgIpc) is 2.80. The van der Waals surface area contributed by atoms with Crippen molar-refractivity contribution in [1.82, 2.24) is 14.9 Å². The highest BCUT2D eigenvalue weighted by atomic mass is 16.6. The smallest absolute Gasteiger partial charge is 0.330 e. The summed E-state index contributed by atoms with van der Waals surface area (Å²) < 4.78 is 6.93. The molecule has 0 aliphatic carbocycles. The molecular formula is C14H21N3O6. The summed E-state index contributed by atoms with van der Waals surface area (Å²) in [6.07, 6.45) is -0.174. The van der Waals surface area contributed by atoms with Crippen LogP contribution < -0.4 is 16.6 Å². The van der Waals surface area contributed by atoms with Gasteiger partial charge in [-0.3, -0.25) is 19.1 Å². The predicted octanol–water partition coefficient (Wildman–Crippen LogP) is -1.62. The zero-order valence-electron chi connectivity index (χ0n) is 13.0. The number of carbonyl (C=O) groups is 1. The van der Waals surface area contributed by atoms with E-state index in [4.69, 9.17) is 4.74 Å². The number of rotatable bonds is 5. The number of nitrogens with one attached hydrogen (secondary N) is 2. The van der Waals surface area contributed by atoms with E-state index in [-0.39, 0.29) is 25.3 Å². The minimum Gasteiger partial charge on any atom is -0.393 e. The molecule has 0 saturated carbocycles. The van der Waals surface area contributed by atoms with Crippen molar-refractivity contribution in [2.24, 2.45) is 0 Å². The standard InChI is InChI=1S/C14H21N3O6/c1-8-6-17(13(22)16-12(8)21)11-5-10(20)14(7-18,23-11)3-4-15-9(2)19/h6,10-11,18,20H,3-5,7H2,1-2H3,(H,15,19)(H,16,21,22)/t10-,11+,14+/m0/s1. The van der Waals surface area contributed by atoms with Gasteiger partial charge in [-0.05, 0) is 13.3 Å². The van der Waals surface area contributed by atoms with Gasteiger partial charge in [0.05, 0.1) is 12.7 Å².